The van der Waals surface area contributed by atoms with Gasteiger partial charge in [-0.15, -0.1) is 0 Å². The Balaban J connectivity index is 2.02. The summed E-state index contributed by atoms with van der Waals surface area (Å²) in [5.74, 6) is -3.17. The van der Waals surface area contributed by atoms with E-state index in [1.807, 2.05) is 0 Å². The molecule has 0 aliphatic heterocycles. The van der Waals surface area contributed by atoms with Gasteiger partial charge in [-0.1, -0.05) is 18.2 Å². The maximum absolute atomic E-state index is 13.1. The highest BCUT2D eigenvalue weighted by molar-refractivity contribution is 6.04. The van der Waals surface area contributed by atoms with Gasteiger partial charge in [0.05, 0.1) is 0 Å². The molecule has 0 radical (unpaired) electrons. The van der Waals surface area contributed by atoms with Crippen molar-refractivity contribution < 1.29 is 27.2 Å². The monoisotopic (exact) mass is 340 g/mol. The summed E-state index contributed by atoms with van der Waals surface area (Å²) in [6, 6.07) is 11.0. The number of nitrogens with one attached hydrogen (secondary N) is 2. The molecule has 0 saturated carbocycles. The number of benzene rings is 2. The van der Waals surface area contributed by atoms with Gasteiger partial charge in [0, 0.05) is 17.8 Å². The van der Waals surface area contributed by atoms with Crippen LogP contribution in [0.4, 0.5) is 23.2 Å². The number of hydrogen-bond donors (Lipinski definition) is 2. The van der Waals surface area contributed by atoms with Gasteiger partial charge in [-0.3, -0.25) is 9.59 Å². The summed E-state index contributed by atoms with van der Waals surface area (Å²) >= 11 is 0. The van der Waals surface area contributed by atoms with Gasteiger partial charge in [0.2, 0.25) is 0 Å². The minimum atomic E-state index is -4.96. The minimum absolute atomic E-state index is 0.103. The van der Waals surface area contributed by atoms with Gasteiger partial charge >= 0.3 is 12.1 Å². The van der Waals surface area contributed by atoms with E-state index in [9.17, 15) is 27.2 Å². The van der Waals surface area contributed by atoms with Crippen molar-refractivity contribution in [2.75, 3.05) is 5.32 Å². The maximum Gasteiger partial charge on any atom is 0.471 e. The number of halogens is 4. The van der Waals surface area contributed by atoms with E-state index in [-0.39, 0.29) is 12.1 Å². The van der Waals surface area contributed by atoms with E-state index >= 15 is 0 Å². The molecule has 0 fully saturated rings. The maximum atomic E-state index is 13.1. The smallest absolute Gasteiger partial charge is 0.344 e. The van der Waals surface area contributed by atoms with Crippen molar-refractivity contribution >= 4 is 17.5 Å². The molecule has 2 amide bonds. The fourth-order valence-corrected chi connectivity index (χ4v) is 1.87. The van der Waals surface area contributed by atoms with Crippen molar-refractivity contribution in [2.24, 2.45) is 0 Å². The SMILES string of the molecule is O=C(Nc1cccc(CNC(=O)C(F)(F)F)c1)c1cccc(F)c1. The summed E-state index contributed by atoms with van der Waals surface area (Å²) in [6.45, 7) is -0.345. The second-order valence-corrected chi connectivity index (χ2v) is 4.85. The summed E-state index contributed by atoms with van der Waals surface area (Å²) in [6.07, 6.45) is -4.96. The first kappa shape index (κ1) is 17.5. The van der Waals surface area contributed by atoms with Crippen molar-refractivity contribution in [1.29, 1.82) is 0 Å². The van der Waals surface area contributed by atoms with Crippen LogP contribution in [0, 0.1) is 5.82 Å². The van der Waals surface area contributed by atoms with E-state index in [0.29, 0.717) is 11.3 Å². The average Bonchev–Trinajstić information content (AvgIpc) is 2.52. The number of carbonyl (C=O) groups excluding carboxylic acids is 2. The Hall–Kier alpha value is -2.90. The van der Waals surface area contributed by atoms with Crippen LogP contribution in [0.3, 0.4) is 0 Å². The third-order valence-electron chi connectivity index (χ3n) is 2.98. The topological polar surface area (TPSA) is 58.2 Å². The van der Waals surface area contributed by atoms with Gasteiger partial charge in [0.1, 0.15) is 5.82 Å². The molecule has 2 aromatic carbocycles. The summed E-state index contributed by atoms with van der Waals surface area (Å²) in [5.41, 5.74) is 0.776. The molecule has 0 atom stereocenters. The predicted octanol–water partition coefficient (Wildman–Crippen LogP) is 3.26. The Bertz CT molecular complexity index is 760. The first-order chi connectivity index (χ1) is 11.3. The Labute approximate surface area is 134 Å². The molecule has 2 N–H and O–H groups in total. The van der Waals surface area contributed by atoms with Gasteiger partial charge in [0.15, 0.2) is 0 Å². The number of hydrogen-bond acceptors (Lipinski definition) is 2. The fraction of sp³-hybridized carbons (Fsp3) is 0.125. The molecule has 4 nitrogen and oxygen atoms in total. The highest BCUT2D eigenvalue weighted by Gasteiger charge is 2.38. The molecule has 126 valence electrons. The fourth-order valence-electron chi connectivity index (χ4n) is 1.87. The van der Waals surface area contributed by atoms with Crippen LogP contribution in [0.5, 0.6) is 0 Å². The molecular formula is C16H12F4N2O2. The average molecular weight is 340 g/mol. The Morgan fingerprint density at radius 2 is 1.71 bits per heavy atom. The first-order valence-corrected chi connectivity index (χ1v) is 6.76. The number of rotatable bonds is 4. The second-order valence-electron chi connectivity index (χ2n) is 4.85. The number of carbonyl (C=O) groups is 2. The van der Waals surface area contributed by atoms with Crippen LogP contribution in [0.2, 0.25) is 0 Å². The van der Waals surface area contributed by atoms with Crippen LogP contribution >= 0.6 is 0 Å². The van der Waals surface area contributed by atoms with Gasteiger partial charge in [-0.25, -0.2) is 4.39 Å². The molecule has 8 heteroatoms. The van der Waals surface area contributed by atoms with Crippen LogP contribution in [0.1, 0.15) is 15.9 Å². The van der Waals surface area contributed by atoms with E-state index in [1.165, 1.54) is 42.5 Å². The lowest BCUT2D eigenvalue weighted by atomic mass is 10.1. The van der Waals surface area contributed by atoms with E-state index in [4.69, 9.17) is 0 Å². The molecule has 0 bridgehead atoms. The third-order valence-corrected chi connectivity index (χ3v) is 2.98. The highest BCUT2D eigenvalue weighted by atomic mass is 19.4. The number of anilines is 1. The molecule has 0 aromatic heterocycles. The van der Waals surface area contributed by atoms with Crippen LogP contribution < -0.4 is 10.6 Å². The molecule has 0 spiro atoms. The lowest BCUT2D eigenvalue weighted by Gasteiger charge is -2.10. The standard InChI is InChI=1S/C16H12F4N2O2/c17-12-5-2-4-11(8-12)14(23)22-13-6-1-3-10(7-13)9-21-15(24)16(18,19)20/h1-8H,9H2,(H,21,24)(H,22,23). The van der Waals surface area contributed by atoms with E-state index in [2.05, 4.69) is 5.32 Å². The molecular weight excluding hydrogens is 328 g/mol. The van der Waals surface area contributed by atoms with Crippen molar-refractivity contribution in [3.63, 3.8) is 0 Å². The second kappa shape index (κ2) is 7.12. The quantitative estimate of drug-likeness (QED) is 0.840. The minimum Gasteiger partial charge on any atom is -0.344 e. The first-order valence-electron chi connectivity index (χ1n) is 6.76. The molecule has 0 saturated heterocycles. The van der Waals surface area contributed by atoms with Crippen LogP contribution in [-0.2, 0) is 11.3 Å². The van der Waals surface area contributed by atoms with E-state index in [1.54, 1.807) is 5.32 Å². The van der Waals surface area contributed by atoms with E-state index < -0.39 is 23.8 Å². The molecule has 24 heavy (non-hydrogen) atoms. The molecule has 0 heterocycles. The van der Waals surface area contributed by atoms with Crippen molar-refractivity contribution in [3.8, 4) is 0 Å². The van der Waals surface area contributed by atoms with E-state index in [0.717, 1.165) is 6.07 Å². The number of amides is 2. The Kier molecular flexibility index (Phi) is 5.18. The number of alkyl halides is 3. The summed E-state index contributed by atoms with van der Waals surface area (Å²) in [7, 11) is 0. The Morgan fingerprint density at radius 1 is 1.00 bits per heavy atom. The molecule has 2 rings (SSSR count). The molecule has 0 aliphatic carbocycles. The lowest BCUT2D eigenvalue weighted by molar-refractivity contribution is -0.173. The zero-order chi connectivity index (χ0) is 17.7. The van der Waals surface area contributed by atoms with Crippen molar-refractivity contribution in [2.45, 2.75) is 12.7 Å². The predicted molar refractivity (Wildman–Crippen MR) is 78.7 cm³/mol. The Morgan fingerprint density at radius 3 is 2.38 bits per heavy atom. The van der Waals surface area contributed by atoms with Crippen LogP contribution in [0.25, 0.3) is 0 Å². The van der Waals surface area contributed by atoms with Gasteiger partial charge < -0.3 is 10.6 Å². The largest absolute Gasteiger partial charge is 0.471 e. The van der Waals surface area contributed by atoms with Crippen molar-refractivity contribution in [1.82, 2.24) is 5.32 Å². The summed E-state index contributed by atoms with van der Waals surface area (Å²) < 4.78 is 49.5. The zero-order valence-corrected chi connectivity index (χ0v) is 12.2. The van der Waals surface area contributed by atoms with Crippen LogP contribution in [-0.4, -0.2) is 18.0 Å². The highest BCUT2D eigenvalue weighted by Crippen LogP contribution is 2.16. The van der Waals surface area contributed by atoms with Crippen molar-refractivity contribution in [3.05, 3.63) is 65.5 Å². The summed E-state index contributed by atoms with van der Waals surface area (Å²) in [4.78, 5) is 22.8. The molecule has 0 aliphatic rings. The zero-order valence-electron chi connectivity index (χ0n) is 12.2. The van der Waals surface area contributed by atoms with Gasteiger partial charge in [-0.2, -0.15) is 13.2 Å². The summed E-state index contributed by atoms with van der Waals surface area (Å²) in [5, 5.41) is 4.24. The van der Waals surface area contributed by atoms with Gasteiger partial charge in [-0.05, 0) is 35.9 Å². The lowest BCUT2D eigenvalue weighted by Crippen LogP contribution is -2.36. The van der Waals surface area contributed by atoms with Crippen LogP contribution in [0.15, 0.2) is 48.5 Å². The normalized spacial score (nSPS) is 11.0. The third kappa shape index (κ3) is 4.80. The molecule has 0 unspecified atom stereocenters. The van der Waals surface area contributed by atoms with Gasteiger partial charge in [0.25, 0.3) is 5.91 Å². The molecule has 2 aromatic rings.